The smallest absolute Gasteiger partial charge is 0.228 e. The molecule has 0 saturated heterocycles. The molecule has 2 N–H and O–H groups in total. The minimum Gasteiger partial charge on any atom is -0.493 e. The van der Waals surface area contributed by atoms with Gasteiger partial charge in [-0.3, -0.25) is 0 Å². The standard InChI is InChI=1S/C14H17N3O2S/c1-8-5-6-10(11(7-8)18-4)19-14-12(13(15)20)9(2)16-17(14)3/h5-7H,1-4H3,(H2,15,20). The van der Waals surface area contributed by atoms with Crippen LogP contribution in [0.5, 0.6) is 17.4 Å². The third-order valence-corrected chi connectivity index (χ3v) is 3.15. The number of nitrogens with two attached hydrogens (primary N) is 1. The Hall–Kier alpha value is -2.08. The van der Waals surface area contributed by atoms with Gasteiger partial charge in [-0.2, -0.15) is 5.10 Å². The molecule has 0 atom stereocenters. The van der Waals surface area contributed by atoms with Crippen LogP contribution in [0.2, 0.25) is 0 Å². The lowest BCUT2D eigenvalue weighted by Crippen LogP contribution is -2.11. The highest BCUT2D eigenvalue weighted by Crippen LogP contribution is 2.34. The van der Waals surface area contributed by atoms with Crippen LogP contribution in [0, 0.1) is 13.8 Å². The monoisotopic (exact) mass is 291 g/mol. The first-order chi connectivity index (χ1) is 9.43. The van der Waals surface area contributed by atoms with Crippen LogP contribution in [0.15, 0.2) is 18.2 Å². The maximum Gasteiger partial charge on any atom is 0.228 e. The van der Waals surface area contributed by atoms with Gasteiger partial charge in [-0.15, -0.1) is 0 Å². The molecule has 2 rings (SSSR count). The molecule has 0 aliphatic rings. The number of ether oxygens (including phenoxy) is 2. The summed E-state index contributed by atoms with van der Waals surface area (Å²) in [7, 11) is 3.38. The summed E-state index contributed by atoms with van der Waals surface area (Å²) in [4.78, 5) is 0.261. The van der Waals surface area contributed by atoms with Gasteiger partial charge in [-0.1, -0.05) is 18.3 Å². The van der Waals surface area contributed by atoms with Crippen molar-refractivity contribution in [3.63, 3.8) is 0 Å². The van der Waals surface area contributed by atoms with Gasteiger partial charge in [0.25, 0.3) is 0 Å². The number of aryl methyl sites for hydroxylation is 3. The topological polar surface area (TPSA) is 62.3 Å². The van der Waals surface area contributed by atoms with E-state index in [1.54, 1.807) is 18.8 Å². The fourth-order valence-corrected chi connectivity index (χ4v) is 2.24. The SMILES string of the molecule is COc1cc(C)ccc1Oc1c(C(N)=S)c(C)nn1C. The van der Waals surface area contributed by atoms with E-state index in [0.717, 1.165) is 11.3 Å². The lowest BCUT2D eigenvalue weighted by atomic mass is 10.2. The number of hydrogen-bond acceptors (Lipinski definition) is 4. The number of aromatic nitrogens is 2. The third-order valence-electron chi connectivity index (χ3n) is 2.94. The van der Waals surface area contributed by atoms with Gasteiger partial charge in [0, 0.05) is 7.05 Å². The van der Waals surface area contributed by atoms with E-state index < -0.39 is 0 Å². The van der Waals surface area contributed by atoms with Gasteiger partial charge < -0.3 is 15.2 Å². The van der Waals surface area contributed by atoms with Gasteiger partial charge in [-0.25, -0.2) is 4.68 Å². The molecule has 0 fully saturated rings. The van der Waals surface area contributed by atoms with Crippen LogP contribution in [-0.4, -0.2) is 21.9 Å². The molecule has 106 valence electrons. The molecule has 1 heterocycles. The van der Waals surface area contributed by atoms with Crippen molar-refractivity contribution in [1.29, 1.82) is 0 Å². The first-order valence-corrected chi connectivity index (χ1v) is 6.50. The number of methoxy groups -OCH3 is 1. The first kappa shape index (κ1) is 14.3. The molecule has 6 heteroatoms. The van der Waals surface area contributed by atoms with E-state index in [1.807, 2.05) is 32.0 Å². The highest BCUT2D eigenvalue weighted by atomic mass is 32.1. The Kier molecular flexibility index (Phi) is 3.94. The van der Waals surface area contributed by atoms with Crippen LogP contribution < -0.4 is 15.2 Å². The van der Waals surface area contributed by atoms with E-state index in [2.05, 4.69) is 5.10 Å². The van der Waals surface area contributed by atoms with Gasteiger partial charge in [0.2, 0.25) is 5.88 Å². The van der Waals surface area contributed by atoms with Gasteiger partial charge in [0.15, 0.2) is 11.5 Å². The molecule has 0 bridgehead atoms. The van der Waals surface area contributed by atoms with Crippen molar-refractivity contribution in [2.45, 2.75) is 13.8 Å². The van der Waals surface area contributed by atoms with Gasteiger partial charge in [-0.05, 0) is 31.5 Å². The molecule has 0 aliphatic heterocycles. The summed E-state index contributed by atoms with van der Waals surface area (Å²) in [6, 6.07) is 5.69. The summed E-state index contributed by atoms with van der Waals surface area (Å²) in [5, 5.41) is 4.28. The summed E-state index contributed by atoms with van der Waals surface area (Å²) in [6.45, 7) is 3.83. The number of nitrogens with zero attached hydrogens (tertiary/aromatic N) is 2. The molecular formula is C14H17N3O2S. The van der Waals surface area contributed by atoms with E-state index in [1.165, 1.54) is 0 Å². The van der Waals surface area contributed by atoms with Crippen LogP contribution in [0.25, 0.3) is 0 Å². The van der Waals surface area contributed by atoms with Gasteiger partial charge in [0.1, 0.15) is 4.99 Å². The fraction of sp³-hybridized carbons (Fsp3) is 0.286. The summed E-state index contributed by atoms with van der Waals surface area (Å²) < 4.78 is 12.8. The number of benzene rings is 1. The minimum atomic E-state index is 0.261. The molecule has 0 spiro atoms. The molecule has 5 nitrogen and oxygen atoms in total. The van der Waals surface area contributed by atoms with Crippen LogP contribution in [0.3, 0.4) is 0 Å². The normalized spacial score (nSPS) is 10.4. The van der Waals surface area contributed by atoms with E-state index in [0.29, 0.717) is 22.9 Å². The molecule has 0 radical (unpaired) electrons. The predicted octanol–water partition coefficient (Wildman–Crippen LogP) is 2.47. The highest BCUT2D eigenvalue weighted by Gasteiger charge is 2.19. The molecule has 0 saturated carbocycles. The Morgan fingerprint density at radius 2 is 2.00 bits per heavy atom. The van der Waals surface area contributed by atoms with Crippen LogP contribution in [0.4, 0.5) is 0 Å². The molecule has 2 aromatic rings. The van der Waals surface area contributed by atoms with Crippen molar-refractivity contribution in [2.24, 2.45) is 12.8 Å². The van der Waals surface area contributed by atoms with Crippen LogP contribution >= 0.6 is 12.2 Å². The van der Waals surface area contributed by atoms with Gasteiger partial charge in [0.05, 0.1) is 18.4 Å². The Labute approximate surface area is 123 Å². The second-order valence-electron chi connectivity index (χ2n) is 4.51. The number of thiocarbonyl (C=S) groups is 1. The molecule has 20 heavy (non-hydrogen) atoms. The highest BCUT2D eigenvalue weighted by molar-refractivity contribution is 7.80. The van der Waals surface area contributed by atoms with Crippen molar-refractivity contribution in [1.82, 2.24) is 9.78 Å². The molecular weight excluding hydrogens is 274 g/mol. The first-order valence-electron chi connectivity index (χ1n) is 6.10. The number of rotatable bonds is 4. The summed E-state index contributed by atoms with van der Waals surface area (Å²) >= 11 is 5.06. The lowest BCUT2D eigenvalue weighted by molar-refractivity contribution is 0.365. The Morgan fingerprint density at radius 1 is 1.30 bits per heavy atom. The molecule has 0 amide bonds. The van der Waals surface area contributed by atoms with Crippen LogP contribution in [-0.2, 0) is 7.05 Å². The van der Waals surface area contributed by atoms with Gasteiger partial charge >= 0.3 is 0 Å². The maximum absolute atomic E-state index is 5.91. The average Bonchev–Trinajstić information content (AvgIpc) is 2.66. The van der Waals surface area contributed by atoms with Crippen LogP contribution in [0.1, 0.15) is 16.8 Å². The lowest BCUT2D eigenvalue weighted by Gasteiger charge is -2.12. The quantitative estimate of drug-likeness (QED) is 0.877. The number of hydrogen-bond donors (Lipinski definition) is 1. The third kappa shape index (κ3) is 2.60. The van der Waals surface area contributed by atoms with Crippen molar-refractivity contribution in [3.05, 3.63) is 35.0 Å². The zero-order valence-electron chi connectivity index (χ0n) is 11.9. The summed E-state index contributed by atoms with van der Waals surface area (Å²) in [5.74, 6) is 1.76. The Morgan fingerprint density at radius 3 is 2.60 bits per heavy atom. The molecule has 0 unspecified atom stereocenters. The van der Waals surface area contributed by atoms with E-state index >= 15 is 0 Å². The predicted molar refractivity (Wildman–Crippen MR) is 81.6 cm³/mol. The molecule has 0 aliphatic carbocycles. The maximum atomic E-state index is 5.91. The van der Waals surface area contributed by atoms with Crippen molar-refractivity contribution in [3.8, 4) is 17.4 Å². The van der Waals surface area contributed by atoms with Crippen molar-refractivity contribution >= 4 is 17.2 Å². The van der Waals surface area contributed by atoms with E-state index in [9.17, 15) is 0 Å². The van der Waals surface area contributed by atoms with E-state index in [4.69, 9.17) is 27.4 Å². The summed E-state index contributed by atoms with van der Waals surface area (Å²) in [5.41, 5.74) is 8.21. The van der Waals surface area contributed by atoms with Crippen molar-refractivity contribution in [2.75, 3.05) is 7.11 Å². The molecule has 1 aromatic heterocycles. The summed E-state index contributed by atoms with van der Waals surface area (Å²) in [6.07, 6.45) is 0. The molecule has 1 aromatic carbocycles. The Balaban J connectivity index is 2.47. The Bertz CT molecular complexity index is 665. The average molecular weight is 291 g/mol. The second kappa shape index (κ2) is 5.50. The van der Waals surface area contributed by atoms with E-state index in [-0.39, 0.29) is 4.99 Å². The largest absolute Gasteiger partial charge is 0.493 e. The minimum absolute atomic E-state index is 0.261. The zero-order chi connectivity index (χ0) is 14.9. The zero-order valence-corrected chi connectivity index (χ0v) is 12.7. The second-order valence-corrected chi connectivity index (χ2v) is 4.95. The fourth-order valence-electron chi connectivity index (χ4n) is 2.00. The van der Waals surface area contributed by atoms with Crippen molar-refractivity contribution < 1.29 is 9.47 Å².